The van der Waals surface area contributed by atoms with Crippen LogP contribution in [0.15, 0.2) is 84.4 Å². The maximum Gasteiger partial charge on any atom is 0.258 e. The molecule has 0 radical (unpaired) electrons. The van der Waals surface area contributed by atoms with Crippen molar-refractivity contribution in [1.82, 2.24) is 0 Å². The molecule has 11 heteroatoms. The molecule has 0 aromatic heterocycles. The summed E-state index contributed by atoms with van der Waals surface area (Å²) in [5, 5.41) is 10.7. The fourth-order valence-electron chi connectivity index (χ4n) is 7.49. The predicted molar refractivity (Wildman–Crippen MR) is 160 cm³/mol. The Morgan fingerprint density at radius 2 is 1.55 bits per heavy atom. The fraction of sp³-hybridized carbons (Fsp3) is 0.273. The van der Waals surface area contributed by atoms with Gasteiger partial charge in [-0.1, -0.05) is 35.9 Å². The zero-order valence-corrected chi connectivity index (χ0v) is 24.8. The molecule has 0 bridgehead atoms. The first-order valence-electron chi connectivity index (χ1n) is 14.0. The summed E-state index contributed by atoms with van der Waals surface area (Å²) >= 11 is 14.7. The third-order valence-corrected chi connectivity index (χ3v) is 10.9. The molecule has 2 heterocycles. The Morgan fingerprint density at radius 3 is 2.20 bits per heavy atom. The highest BCUT2D eigenvalue weighted by Crippen LogP contribution is 2.66. The van der Waals surface area contributed by atoms with Gasteiger partial charge in [-0.05, 0) is 72.9 Å². The van der Waals surface area contributed by atoms with Gasteiger partial charge in [0, 0.05) is 5.92 Å². The minimum absolute atomic E-state index is 0.0874. The number of carbonyl (C=O) groups excluding carboxylic acids is 4. The van der Waals surface area contributed by atoms with Gasteiger partial charge in [-0.2, -0.15) is 0 Å². The fourth-order valence-corrected chi connectivity index (χ4v) is 8.43. The smallest absolute Gasteiger partial charge is 0.258 e. The summed E-state index contributed by atoms with van der Waals surface area (Å²) in [7, 11) is 1.39. The lowest BCUT2D eigenvalue weighted by atomic mass is 9.56. The number of ether oxygens (including phenoxy) is 1. The Bertz CT molecular complexity index is 1780. The van der Waals surface area contributed by atoms with Crippen molar-refractivity contribution >= 4 is 58.2 Å². The molecule has 6 atom stereocenters. The van der Waals surface area contributed by atoms with Crippen LogP contribution >= 0.6 is 23.2 Å². The number of hydrogen-bond acceptors (Lipinski definition) is 6. The zero-order valence-electron chi connectivity index (χ0n) is 23.2. The molecule has 3 fully saturated rings. The topological polar surface area (TPSA) is 104 Å². The van der Waals surface area contributed by atoms with Crippen LogP contribution in [0.2, 0.25) is 0 Å². The monoisotopic (exact) mass is 634 g/mol. The van der Waals surface area contributed by atoms with Gasteiger partial charge in [-0.25, -0.2) is 9.29 Å². The minimum atomic E-state index is -2.10. The van der Waals surface area contributed by atoms with Gasteiger partial charge in [-0.3, -0.25) is 24.1 Å². The third-order valence-electron chi connectivity index (χ3n) is 9.45. The number of anilines is 2. The number of methoxy groups -OCH3 is 1. The summed E-state index contributed by atoms with van der Waals surface area (Å²) in [5.41, 5.74) is 1.48. The van der Waals surface area contributed by atoms with E-state index in [1.807, 2.05) is 6.08 Å². The van der Waals surface area contributed by atoms with E-state index in [2.05, 4.69) is 0 Å². The van der Waals surface area contributed by atoms with E-state index in [0.29, 0.717) is 16.8 Å². The molecule has 3 aromatic carbocycles. The molecular weight excluding hydrogens is 610 g/mol. The third kappa shape index (κ3) is 3.69. The molecule has 7 rings (SSSR count). The van der Waals surface area contributed by atoms with E-state index >= 15 is 0 Å². The molecule has 1 saturated carbocycles. The molecule has 3 aromatic rings. The van der Waals surface area contributed by atoms with Crippen LogP contribution in [-0.2, 0) is 19.2 Å². The molecule has 2 aliphatic heterocycles. The number of carbonyl (C=O) groups is 4. The van der Waals surface area contributed by atoms with E-state index in [0.717, 1.165) is 17.0 Å². The normalized spacial score (nSPS) is 31.0. The van der Waals surface area contributed by atoms with Crippen molar-refractivity contribution in [1.29, 1.82) is 0 Å². The molecule has 1 N–H and O–H groups in total. The highest BCUT2D eigenvalue weighted by atomic mass is 35.5. The number of benzene rings is 3. The summed E-state index contributed by atoms with van der Waals surface area (Å²) in [6, 6.07) is 17.9. The van der Waals surface area contributed by atoms with Crippen LogP contribution in [0.1, 0.15) is 24.3 Å². The molecule has 4 amide bonds. The molecule has 44 heavy (non-hydrogen) atoms. The van der Waals surface area contributed by atoms with Crippen LogP contribution in [0.3, 0.4) is 0 Å². The Hall–Kier alpha value is -4.21. The highest BCUT2D eigenvalue weighted by Gasteiger charge is 2.76. The van der Waals surface area contributed by atoms with Gasteiger partial charge in [0.25, 0.3) is 11.8 Å². The number of phenols is 1. The van der Waals surface area contributed by atoms with Gasteiger partial charge in [0.15, 0.2) is 21.2 Å². The van der Waals surface area contributed by atoms with Crippen LogP contribution in [0.25, 0.3) is 0 Å². The number of para-hydroxylation sites is 1. The van der Waals surface area contributed by atoms with Crippen LogP contribution in [0.4, 0.5) is 15.8 Å². The number of fused-ring (bicyclic) bond motifs is 4. The second-order valence-corrected chi connectivity index (χ2v) is 12.8. The number of imide groups is 2. The van der Waals surface area contributed by atoms with Gasteiger partial charge < -0.3 is 9.84 Å². The van der Waals surface area contributed by atoms with Gasteiger partial charge in [0.2, 0.25) is 11.8 Å². The van der Waals surface area contributed by atoms with Crippen LogP contribution in [0.5, 0.6) is 11.5 Å². The summed E-state index contributed by atoms with van der Waals surface area (Å²) in [4.78, 5) is 54.2. The number of halogens is 3. The zero-order chi connectivity index (χ0) is 31.1. The molecule has 224 valence electrons. The van der Waals surface area contributed by atoms with Crippen LogP contribution in [0, 0.1) is 23.6 Å². The largest absolute Gasteiger partial charge is 0.504 e. The van der Waals surface area contributed by atoms with Gasteiger partial charge >= 0.3 is 0 Å². The van der Waals surface area contributed by atoms with Crippen molar-refractivity contribution in [3.8, 4) is 11.5 Å². The molecule has 2 saturated heterocycles. The Morgan fingerprint density at radius 1 is 0.864 bits per heavy atom. The molecule has 6 unspecified atom stereocenters. The molecule has 4 aliphatic rings. The second kappa shape index (κ2) is 9.90. The van der Waals surface area contributed by atoms with Crippen molar-refractivity contribution in [2.75, 3.05) is 16.9 Å². The number of alkyl halides is 2. The average Bonchev–Trinajstić information content (AvgIpc) is 3.36. The Labute approximate surface area is 261 Å². The van der Waals surface area contributed by atoms with E-state index in [4.69, 9.17) is 27.9 Å². The quantitative estimate of drug-likeness (QED) is 0.237. The lowest BCUT2D eigenvalue weighted by Gasteiger charge is -2.50. The van der Waals surface area contributed by atoms with Crippen LogP contribution < -0.4 is 14.5 Å². The first-order valence-corrected chi connectivity index (χ1v) is 14.8. The van der Waals surface area contributed by atoms with E-state index in [9.17, 15) is 28.7 Å². The number of allylic oxidation sites excluding steroid dienone is 2. The number of aromatic hydroxyl groups is 1. The van der Waals surface area contributed by atoms with Crippen molar-refractivity contribution in [2.24, 2.45) is 17.8 Å². The van der Waals surface area contributed by atoms with E-state index in [1.165, 1.54) is 36.3 Å². The minimum Gasteiger partial charge on any atom is -0.504 e. The Balaban J connectivity index is 1.41. The first kappa shape index (κ1) is 28.6. The van der Waals surface area contributed by atoms with Gasteiger partial charge in [0.05, 0.1) is 30.3 Å². The summed E-state index contributed by atoms with van der Waals surface area (Å²) in [5.74, 6) is -6.39. The number of hydrogen-bond donors (Lipinski definition) is 1. The van der Waals surface area contributed by atoms with Crippen LogP contribution in [-0.4, -0.2) is 45.6 Å². The van der Waals surface area contributed by atoms with Gasteiger partial charge in [0.1, 0.15) is 5.82 Å². The predicted octanol–water partition coefficient (Wildman–Crippen LogP) is 5.31. The lowest BCUT2D eigenvalue weighted by Crippen LogP contribution is -2.60. The Kier molecular flexibility index (Phi) is 6.43. The van der Waals surface area contributed by atoms with Crippen molar-refractivity contribution in [3.63, 3.8) is 0 Å². The van der Waals surface area contributed by atoms with Crippen molar-refractivity contribution < 1.29 is 33.4 Å². The molecule has 0 spiro atoms. The maximum atomic E-state index is 14.4. The van der Waals surface area contributed by atoms with Gasteiger partial charge in [-0.15, -0.1) is 23.2 Å². The first-order chi connectivity index (χ1) is 21.0. The SMILES string of the molecule is COc1ccc(C2C3=CCC4C(=O)N(c5ccccc5)C(=O)C4C3CC3(Cl)C(=O)N(c4ccc(F)cc4)C(=O)C23Cl)cc1O. The standard InChI is InChI=1S/C33H25Cl2FN2O6/c1-44-25-14-7-17(15-24(25)39)27-21-12-13-22-26(29(41)37(28(22)40)19-5-3-2-4-6-19)23(21)16-32(34)30(42)38(31(43)33(27,32)35)20-10-8-18(36)9-11-20/h2-12,14-15,22-23,26-27,39H,13,16H2,1H3. The van der Waals surface area contributed by atoms with E-state index < -0.39 is 57.0 Å². The highest BCUT2D eigenvalue weighted by molar-refractivity contribution is 6.58. The number of nitrogens with zero attached hydrogens (tertiary/aromatic N) is 2. The molecule has 8 nitrogen and oxygen atoms in total. The summed E-state index contributed by atoms with van der Waals surface area (Å²) < 4.78 is 19.0. The number of phenolic OH excluding ortho intramolecular Hbond substituents is 1. The van der Waals surface area contributed by atoms with E-state index in [-0.39, 0.29) is 35.9 Å². The number of amides is 4. The molecular formula is C33H25Cl2FN2O6. The second-order valence-electron chi connectivity index (χ2n) is 11.5. The summed E-state index contributed by atoms with van der Waals surface area (Å²) in [6.07, 6.45) is 1.82. The van der Waals surface area contributed by atoms with Crippen molar-refractivity contribution in [2.45, 2.75) is 28.5 Å². The maximum absolute atomic E-state index is 14.4. The number of rotatable bonds is 4. The lowest BCUT2D eigenvalue weighted by molar-refractivity contribution is -0.125. The van der Waals surface area contributed by atoms with E-state index in [1.54, 1.807) is 36.4 Å². The summed E-state index contributed by atoms with van der Waals surface area (Å²) in [6.45, 7) is 0. The van der Waals surface area contributed by atoms with Crippen molar-refractivity contribution in [3.05, 3.63) is 95.8 Å². The average molecular weight is 635 g/mol. The molecule has 2 aliphatic carbocycles.